The van der Waals surface area contributed by atoms with Crippen molar-refractivity contribution in [3.8, 4) is 5.82 Å². The van der Waals surface area contributed by atoms with Crippen molar-refractivity contribution in [1.29, 1.82) is 0 Å². The largest absolute Gasteiger partial charge is 0.300 e. The van der Waals surface area contributed by atoms with Crippen LogP contribution in [0.3, 0.4) is 0 Å². The van der Waals surface area contributed by atoms with Crippen molar-refractivity contribution in [3.05, 3.63) is 42.1 Å². The quantitative estimate of drug-likeness (QED) is 0.831. The van der Waals surface area contributed by atoms with Gasteiger partial charge in [-0.15, -0.1) is 0 Å². The number of aryl methyl sites for hydroxylation is 1. The molecule has 1 saturated heterocycles. The summed E-state index contributed by atoms with van der Waals surface area (Å²) in [6.45, 7) is 4.61. The van der Waals surface area contributed by atoms with E-state index < -0.39 is 0 Å². The molecule has 1 aliphatic carbocycles. The molecular formula is C21H30N4. The highest BCUT2D eigenvalue weighted by atomic mass is 15.2. The Balaban J connectivity index is 1.52. The summed E-state index contributed by atoms with van der Waals surface area (Å²) in [6.07, 6.45) is 14.5. The number of hydrogen-bond donors (Lipinski definition) is 0. The fourth-order valence-electron chi connectivity index (χ4n) is 4.63. The molecule has 1 saturated carbocycles. The Morgan fingerprint density at radius 2 is 1.96 bits per heavy atom. The fraction of sp³-hybridized carbons (Fsp3) is 0.619. The Hall–Kier alpha value is -1.68. The van der Waals surface area contributed by atoms with Gasteiger partial charge < -0.3 is 0 Å². The zero-order chi connectivity index (χ0) is 17.1. The van der Waals surface area contributed by atoms with Gasteiger partial charge in [-0.05, 0) is 44.4 Å². The second kappa shape index (κ2) is 7.69. The van der Waals surface area contributed by atoms with E-state index in [4.69, 9.17) is 4.98 Å². The number of hydrogen-bond acceptors (Lipinski definition) is 3. The number of piperidine rings is 1. The number of aromatic nitrogens is 3. The number of nitrogens with zero attached hydrogens (tertiary/aromatic N) is 4. The first-order valence-corrected chi connectivity index (χ1v) is 10.1. The molecule has 2 aliphatic rings. The molecule has 0 unspecified atom stereocenters. The number of pyridine rings is 1. The molecule has 4 heteroatoms. The summed E-state index contributed by atoms with van der Waals surface area (Å²) >= 11 is 0. The second-order valence-electron chi connectivity index (χ2n) is 7.61. The molecule has 2 fully saturated rings. The predicted octanol–water partition coefficient (Wildman–Crippen LogP) is 4.34. The van der Waals surface area contributed by atoms with E-state index in [1.54, 1.807) is 0 Å². The van der Waals surface area contributed by atoms with Crippen LogP contribution >= 0.6 is 0 Å². The van der Waals surface area contributed by atoms with E-state index in [0.717, 1.165) is 24.1 Å². The zero-order valence-electron chi connectivity index (χ0n) is 15.4. The van der Waals surface area contributed by atoms with Crippen LogP contribution in [0.2, 0.25) is 0 Å². The SMILES string of the molecule is CCc1nccn1-c1cccc([C@@H]2CCCN(C3CCCCC3)C2)n1. The average molecular weight is 338 g/mol. The van der Waals surface area contributed by atoms with Crippen LogP contribution < -0.4 is 0 Å². The first-order chi connectivity index (χ1) is 12.3. The third kappa shape index (κ3) is 3.64. The molecule has 0 radical (unpaired) electrons. The van der Waals surface area contributed by atoms with E-state index in [9.17, 15) is 0 Å². The Kier molecular flexibility index (Phi) is 5.16. The molecule has 3 heterocycles. The summed E-state index contributed by atoms with van der Waals surface area (Å²) < 4.78 is 2.13. The van der Waals surface area contributed by atoms with E-state index in [1.807, 2.05) is 12.4 Å². The molecular weight excluding hydrogens is 308 g/mol. The summed E-state index contributed by atoms with van der Waals surface area (Å²) in [5, 5.41) is 0. The van der Waals surface area contributed by atoms with E-state index in [0.29, 0.717) is 5.92 Å². The monoisotopic (exact) mass is 338 g/mol. The number of rotatable bonds is 4. The van der Waals surface area contributed by atoms with Gasteiger partial charge in [0.25, 0.3) is 0 Å². The maximum absolute atomic E-state index is 5.02. The molecule has 1 atom stereocenters. The number of likely N-dealkylation sites (tertiary alicyclic amines) is 1. The molecule has 0 N–H and O–H groups in total. The third-order valence-corrected chi connectivity index (χ3v) is 6.00. The molecule has 0 spiro atoms. The van der Waals surface area contributed by atoms with Crippen molar-refractivity contribution in [2.45, 2.75) is 70.3 Å². The van der Waals surface area contributed by atoms with Gasteiger partial charge in [0.2, 0.25) is 0 Å². The summed E-state index contributed by atoms with van der Waals surface area (Å²) in [5.74, 6) is 2.67. The van der Waals surface area contributed by atoms with Crippen LogP contribution in [0.25, 0.3) is 5.82 Å². The van der Waals surface area contributed by atoms with Crippen LogP contribution in [-0.2, 0) is 6.42 Å². The zero-order valence-corrected chi connectivity index (χ0v) is 15.4. The second-order valence-corrected chi connectivity index (χ2v) is 7.61. The summed E-state index contributed by atoms with van der Waals surface area (Å²) in [4.78, 5) is 12.2. The minimum Gasteiger partial charge on any atom is -0.300 e. The Bertz CT molecular complexity index is 687. The molecule has 25 heavy (non-hydrogen) atoms. The van der Waals surface area contributed by atoms with Gasteiger partial charge in [0, 0.05) is 43.0 Å². The van der Waals surface area contributed by atoms with Gasteiger partial charge in [0.05, 0.1) is 0 Å². The Labute approximate surface area is 151 Å². The van der Waals surface area contributed by atoms with Crippen molar-refractivity contribution in [2.24, 2.45) is 0 Å². The van der Waals surface area contributed by atoms with Crippen LogP contribution in [0.1, 0.15) is 69.3 Å². The van der Waals surface area contributed by atoms with Crippen LogP contribution in [0, 0.1) is 0 Å². The van der Waals surface area contributed by atoms with Gasteiger partial charge in [-0.3, -0.25) is 9.47 Å². The maximum Gasteiger partial charge on any atom is 0.138 e. The molecule has 0 aromatic carbocycles. The molecule has 2 aromatic heterocycles. The molecule has 2 aromatic rings. The van der Waals surface area contributed by atoms with Gasteiger partial charge in [0.1, 0.15) is 11.6 Å². The Morgan fingerprint density at radius 1 is 1.08 bits per heavy atom. The van der Waals surface area contributed by atoms with Gasteiger partial charge in [-0.1, -0.05) is 32.3 Å². The van der Waals surface area contributed by atoms with Gasteiger partial charge in [0.15, 0.2) is 0 Å². The van der Waals surface area contributed by atoms with Crippen LogP contribution in [0.15, 0.2) is 30.6 Å². The van der Waals surface area contributed by atoms with Crippen LogP contribution in [0.4, 0.5) is 0 Å². The maximum atomic E-state index is 5.02. The van der Waals surface area contributed by atoms with Crippen molar-refractivity contribution >= 4 is 0 Å². The molecule has 1 aliphatic heterocycles. The lowest BCUT2D eigenvalue weighted by molar-refractivity contribution is 0.118. The minimum atomic E-state index is 0.573. The highest BCUT2D eigenvalue weighted by molar-refractivity contribution is 5.28. The summed E-state index contributed by atoms with van der Waals surface area (Å²) in [7, 11) is 0. The van der Waals surface area contributed by atoms with Gasteiger partial charge in [-0.25, -0.2) is 9.97 Å². The van der Waals surface area contributed by atoms with E-state index in [2.05, 4.69) is 39.6 Å². The van der Waals surface area contributed by atoms with Crippen molar-refractivity contribution < 1.29 is 0 Å². The standard InChI is InChI=1S/C21H30N4/c1-2-20-22-13-15-25(20)21-12-6-11-19(23-21)17-8-7-14-24(16-17)18-9-4-3-5-10-18/h6,11-13,15,17-18H,2-5,7-10,14,16H2,1H3/t17-/m1/s1. The van der Waals surface area contributed by atoms with Gasteiger partial charge in [-0.2, -0.15) is 0 Å². The highest BCUT2D eigenvalue weighted by Crippen LogP contribution is 2.31. The molecule has 134 valence electrons. The van der Waals surface area contributed by atoms with E-state index in [-0.39, 0.29) is 0 Å². The molecule has 4 nitrogen and oxygen atoms in total. The van der Waals surface area contributed by atoms with E-state index in [1.165, 1.54) is 63.7 Å². The summed E-state index contributed by atoms with van der Waals surface area (Å²) in [5.41, 5.74) is 1.26. The lowest BCUT2D eigenvalue weighted by Gasteiger charge is -2.40. The first kappa shape index (κ1) is 16.8. The lowest BCUT2D eigenvalue weighted by Crippen LogP contribution is -2.43. The first-order valence-electron chi connectivity index (χ1n) is 10.1. The highest BCUT2D eigenvalue weighted by Gasteiger charge is 2.28. The predicted molar refractivity (Wildman–Crippen MR) is 101 cm³/mol. The van der Waals surface area contributed by atoms with Crippen molar-refractivity contribution in [2.75, 3.05) is 13.1 Å². The fourth-order valence-corrected chi connectivity index (χ4v) is 4.63. The average Bonchev–Trinajstić information content (AvgIpc) is 3.18. The van der Waals surface area contributed by atoms with Gasteiger partial charge >= 0.3 is 0 Å². The lowest BCUT2D eigenvalue weighted by atomic mass is 9.89. The van der Waals surface area contributed by atoms with E-state index >= 15 is 0 Å². The Morgan fingerprint density at radius 3 is 2.80 bits per heavy atom. The smallest absolute Gasteiger partial charge is 0.138 e. The molecule has 0 amide bonds. The summed E-state index contributed by atoms with van der Waals surface area (Å²) in [6, 6.07) is 7.31. The number of imidazole rings is 1. The molecule has 0 bridgehead atoms. The normalized spacial score (nSPS) is 23.0. The topological polar surface area (TPSA) is 34.0 Å². The van der Waals surface area contributed by atoms with Crippen molar-refractivity contribution in [3.63, 3.8) is 0 Å². The molecule has 4 rings (SSSR count). The van der Waals surface area contributed by atoms with Crippen LogP contribution in [-0.4, -0.2) is 38.6 Å². The minimum absolute atomic E-state index is 0.573. The van der Waals surface area contributed by atoms with Crippen molar-refractivity contribution in [1.82, 2.24) is 19.4 Å². The third-order valence-electron chi connectivity index (χ3n) is 6.00. The van der Waals surface area contributed by atoms with Crippen LogP contribution in [0.5, 0.6) is 0 Å².